The van der Waals surface area contributed by atoms with E-state index >= 15 is 0 Å². The van der Waals surface area contributed by atoms with Gasteiger partial charge in [-0.15, -0.1) is 0 Å². The Labute approximate surface area is 88.3 Å². The van der Waals surface area contributed by atoms with Gasteiger partial charge in [-0.2, -0.15) is 0 Å². The molecule has 13 heavy (non-hydrogen) atoms. The SMILES string of the molecule is O=C([O-])O.O=C([O-])O.O=C([O-])O.[Sb+3]. The van der Waals surface area contributed by atoms with Crippen molar-refractivity contribution in [2.75, 3.05) is 0 Å². The van der Waals surface area contributed by atoms with E-state index in [1.807, 2.05) is 0 Å². The fraction of sp³-hybridized carbons (Fsp3) is 0. The number of carbonyl (C=O) groups is 3. The molecule has 3 N–H and O–H groups in total. The summed E-state index contributed by atoms with van der Waals surface area (Å²) in [6.45, 7) is 0. The second-order valence-corrected chi connectivity index (χ2v) is 0.798. The smallest absolute Gasteiger partial charge is 0.565 e. The van der Waals surface area contributed by atoms with Crippen molar-refractivity contribution >= 4 is 42.9 Å². The van der Waals surface area contributed by atoms with Gasteiger partial charge in [-0.05, 0) is 0 Å². The zero-order valence-corrected chi connectivity index (χ0v) is 8.29. The Morgan fingerprint density at radius 1 is 0.692 bits per heavy atom. The van der Waals surface area contributed by atoms with Crippen LogP contribution in [0.3, 0.4) is 0 Å². The van der Waals surface area contributed by atoms with Crippen LogP contribution in [0, 0.1) is 0 Å². The van der Waals surface area contributed by atoms with E-state index in [0.717, 1.165) is 0 Å². The van der Waals surface area contributed by atoms with Crippen LogP contribution in [0.4, 0.5) is 14.4 Å². The first kappa shape index (κ1) is 22.6. The molecule has 0 aromatic carbocycles. The Bertz CT molecular complexity index is 112. The van der Waals surface area contributed by atoms with Crippen LogP contribution in [-0.2, 0) is 0 Å². The van der Waals surface area contributed by atoms with Crippen LogP contribution in [0.5, 0.6) is 0 Å². The van der Waals surface area contributed by atoms with Gasteiger partial charge in [0.05, 0.1) is 0 Å². The molecule has 9 nitrogen and oxygen atoms in total. The van der Waals surface area contributed by atoms with E-state index in [9.17, 15) is 0 Å². The van der Waals surface area contributed by atoms with Crippen molar-refractivity contribution in [3.8, 4) is 0 Å². The summed E-state index contributed by atoms with van der Waals surface area (Å²) < 4.78 is 0. The first-order valence-electron chi connectivity index (χ1n) is 1.90. The first-order valence-corrected chi connectivity index (χ1v) is 1.90. The maximum Gasteiger partial charge on any atom is 3.00 e. The molecule has 0 rings (SSSR count). The van der Waals surface area contributed by atoms with Crippen LogP contribution in [-0.4, -0.2) is 58.2 Å². The average Bonchev–Trinajstić information content (AvgIpc) is 1.54. The minimum absolute atomic E-state index is 0. The van der Waals surface area contributed by atoms with E-state index in [1.54, 1.807) is 0 Å². The third-order valence-electron chi connectivity index (χ3n) is 0. The Morgan fingerprint density at radius 3 is 0.692 bits per heavy atom. The minimum Gasteiger partial charge on any atom is -0.565 e. The molecular weight excluding hydrogens is 302 g/mol. The van der Waals surface area contributed by atoms with E-state index in [2.05, 4.69) is 0 Å². The van der Waals surface area contributed by atoms with Gasteiger partial charge in [-0.3, -0.25) is 0 Å². The fourth-order valence-electron chi connectivity index (χ4n) is 0. The van der Waals surface area contributed by atoms with Gasteiger partial charge in [0.15, 0.2) is 0 Å². The predicted octanol–water partition coefficient (Wildman–Crippen LogP) is -3.72. The molecule has 0 amide bonds. The maximum atomic E-state index is 8.44. The number of hydrogen-bond donors (Lipinski definition) is 3. The van der Waals surface area contributed by atoms with Crippen molar-refractivity contribution in [3.05, 3.63) is 0 Å². The second kappa shape index (κ2) is 16.9. The average molecular weight is 305 g/mol. The van der Waals surface area contributed by atoms with Crippen molar-refractivity contribution < 1.29 is 45.0 Å². The third kappa shape index (κ3) is 420. The van der Waals surface area contributed by atoms with Crippen molar-refractivity contribution in [1.82, 2.24) is 0 Å². The fourth-order valence-corrected chi connectivity index (χ4v) is 0. The largest absolute Gasteiger partial charge is 3.00 e. The molecule has 0 atom stereocenters. The molecule has 0 aliphatic heterocycles. The molecular formula is C3H3O9Sb. The number of carboxylic acid groups (broad SMARTS) is 6. The van der Waals surface area contributed by atoms with E-state index in [-0.39, 0.29) is 24.4 Å². The summed E-state index contributed by atoms with van der Waals surface area (Å²) >= 11 is 0. The van der Waals surface area contributed by atoms with Gasteiger partial charge in [-0.25, -0.2) is 0 Å². The van der Waals surface area contributed by atoms with Gasteiger partial charge in [0.2, 0.25) is 18.5 Å². The number of rotatable bonds is 0. The van der Waals surface area contributed by atoms with Crippen molar-refractivity contribution in [2.24, 2.45) is 0 Å². The summed E-state index contributed by atoms with van der Waals surface area (Å²) in [6, 6.07) is 0. The Balaban J connectivity index is -0.0000000450. The summed E-state index contributed by atoms with van der Waals surface area (Å²) in [5, 5.41) is 45.9. The van der Waals surface area contributed by atoms with Gasteiger partial charge < -0.3 is 45.0 Å². The molecule has 0 aliphatic rings. The second-order valence-electron chi connectivity index (χ2n) is 0.798. The monoisotopic (exact) mass is 304 g/mol. The molecule has 0 heterocycles. The molecule has 2 radical (unpaired) electrons. The third-order valence-corrected chi connectivity index (χ3v) is 0. The summed E-state index contributed by atoms with van der Waals surface area (Å²) in [7, 11) is 0. The molecule has 0 bridgehead atoms. The molecule has 0 aliphatic carbocycles. The zero-order chi connectivity index (χ0) is 10.7. The summed E-state index contributed by atoms with van der Waals surface area (Å²) in [4.78, 5) is 25.3. The van der Waals surface area contributed by atoms with Crippen LogP contribution in [0.2, 0.25) is 0 Å². The van der Waals surface area contributed by atoms with Crippen molar-refractivity contribution in [2.45, 2.75) is 0 Å². The van der Waals surface area contributed by atoms with Crippen molar-refractivity contribution in [1.29, 1.82) is 0 Å². The Hall–Kier alpha value is -1.37. The maximum absolute atomic E-state index is 8.44. The van der Waals surface area contributed by atoms with Gasteiger partial charge in [-0.1, -0.05) is 0 Å². The quantitative estimate of drug-likeness (QED) is 0.379. The molecule has 0 aromatic rings. The first-order chi connectivity index (χ1) is 5.20. The summed E-state index contributed by atoms with van der Waals surface area (Å²) in [5.74, 6) is 0. The van der Waals surface area contributed by atoms with Crippen LogP contribution >= 0.6 is 0 Å². The predicted molar refractivity (Wildman–Crippen MR) is 29.8 cm³/mol. The summed E-state index contributed by atoms with van der Waals surface area (Å²) in [6.07, 6.45) is -6.25. The Kier molecular flexibility index (Phi) is 29.4. The molecule has 0 unspecified atom stereocenters. The standard InChI is InChI=1S/3CH2O3.Sb/c3*2-1(3)4;/h3*(H2,2,3,4);/q;;;+3/p-3. The molecule has 0 aromatic heterocycles. The molecule has 0 saturated carbocycles. The van der Waals surface area contributed by atoms with Gasteiger partial charge in [0.25, 0.3) is 0 Å². The Morgan fingerprint density at radius 2 is 0.692 bits per heavy atom. The topological polar surface area (TPSA) is 181 Å². The molecule has 10 heteroatoms. The van der Waals surface area contributed by atoms with Crippen LogP contribution in [0.15, 0.2) is 0 Å². The van der Waals surface area contributed by atoms with Gasteiger partial charge in [0.1, 0.15) is 0 Å². The van der Waals surface area contributed by atoms with Crippen LogP contribution in [0.25, 0.3) is 0 Å². The van der Waals surface area contributed by atoms with E-state index in [1.165, 1.54) is 0 Å². The van der Waals surface area contributed by atoms with Crippen LogP contribution < -0.4 is 15.3 Å². The summed E-state index contributed by atoms with van der Waals surface area (Å²) in [5.41, 5.74) is 0. The van der Waals surface area contributed by atoms with E-state index < -0.39 is 18.5 Å². The van der Waals surface area contributed by atoms with Crippen LogP contribution in [0.1, 0.15) is 0 Å². The molecule has 0 fully saturated rings. The number of hydrogen-bond acceptors (Lipinski definition) is 6. The molecule has 0 saturated heterocycles. The minimum atomic E-state index is -2.08. The van der Waals surface area contributed by atoms with E-state index in [0.29, 0.717) is 0 Å². The van der Waals surface area contributed by atoms with Crippen molar-refractivity contribution in [3.63, 3.8) is 0 Å². The van der Waals surface area contributed by atoms with Gasteiger partial charge in [0, 0.05) is 0 Å². The molecule has 74 valence electrons. The van der Waals surface area contributed by atoms with E-state index in [4.69, 9.17) is 45.0 Å². The zero-order valence-electron chi connectivity index (χ0n) is 5.74. The van der Waals surface area contributed by atoms with Gasteiger partial charge >= 0.3 is 24.4 Å². The normalized spacial score (nSPS) is 5.54. The molecule has 0 spiro atoms.